The summed E-state index contributed by atoms with van der Waals surface area (Å²) in [5.74, 6) is -0.729. The Morgan fingerprint density at radius 1 is 1.09 bits per heavy atom. The number of halogens is 2. The van der Waals surface area contributed by atoms with E-state index in [0.29, 0.717) is 5.56 Å². The molecule has 0 unspecified atom stereocenters. The maximum absolute atomic E-state index is 11.9. The number of hydrazone groups is 1. The summed E-state index contributed by atoms with van der Waals surface area (Å²) in [6, 6.07) is 14.4. The number of hydrogen-bond acceptors (Lipinski definition) is 3. The average molecular weight is 439 g/mol. The van der Waals surface area contributed by atoms with Crippen LogP contribution in [-0.4, -0.2) is 24.6 Å². The number of nitrogens with one attached hydrogen (secondary N) is 2. The summed E-state index contributed by atoms with van der Waals surface area (Å²) in [5, 5.41) is 6.38. The summed E-state index contributed by atoms with van der Waals surface area (Å²) < 4.78 is 1.67. The van der Waals surface area contributed by atoms with Gasteiger partial charge in [0, 0.05) is 20.1 Å². The molecule has 0 bridgehead atoms. The molecular weight excluding hydrogens is 426 g/mol. The van der Waals surface area contributed by atoms with Crippen molar-refractivity contribution in [1.29, 1.82) is 0 Å². The predicted molar refractivity (Wildman–Crippen MR) is 96.4 cm³/mol. The molecular formula is C16H13Br2N3O2. The molecule has 5 nitrogen and oxygen atoms in total. The molecule has 7 heteroatoms. The lowest BCUT2D eigenvalue weighted by Gasteiger charge is -2.04. The van der Waals surface area contributed by atoms with E-state index >= 15 is 0 Å². The monoisotopic (exact) mass is 437 g/mol. The highest BCUT2D eigenvalue weighted by molar-refractivity contribution is 9.10. The average Bonchev–Trinajstić information content (AvgIpc) is 2.54. The number of carbonyl (C=O) groups excluding carboxylic acids is 2. The summed E-state index contributed by atoms with van der Waals surface area (Å²) >= 11 is 6.67. The summed E-state index contributed by atoms with van der Waals surface area (Å²) in [5.41, 5.74) is 3.68. The second-order valence-corrected chi connectivity index (χ2v) is 6.28. The zero-order valence-corrected chi connectivity index (χ0v) is 15.1. The molecule has 0 saturated heterocycles. The third kappa shape index (κ3) is 5.61. The smallest absolute Gasteiger partial charge is 0.259 e. The highest BCUT2D eigenvalue weighted by atomic mass is 79.9. The second kappa shape index (κ2) is 8.59. The standard InChI is InChI=1S/C16H13Br2N3O2/c17-13-6-3-5-11(8-13)16(23)19-10-15(22)21-20-9-12-4-1-2-7-14(12)18/h1-9H,10H2,(H,19,23)(H,21,22)/b20-9+. The van der Waals surface area contributed by atoms with Crippen molar-refractivity contribution in [2.24, 2.45) is 5.10 Å². The van der Waals surface area contributed by atoms with Gasteiger partial charge < -0.3 is 5.32 Å². The van der Waals surface area contributed by atoms with Crippen LogP contribution in [0, 0.1) is 0 Å². The lowest BCUT2D eigenvalue weighted by atomic mass is 10.2. The molecule has 0 saturated carbocycles. The number of nitrogens with zero attached hydrogens (tertiary/aromatic N) is 1. The molecule has 0 aliphatic heterocycles. The molecule has 0 fully saturated rings. The van der Waals surface area contributed by atoms with Gasteiger partial charge in [-0.15, -0.1) is 0 Å². The fourth-order valence-corrected chi connectivity index (χ4v) is 2.47. The SMILES string of the molecule is O=C(CNC(=O)c1cccc(Br)c1)N/N=C/c1ccccc1Br. The third-order valence-electron chi connectivity index (χ3n) is 2.79. The van der Waals surface area contributed by atoms with Gasteiger partial charge in [0.25, 0.3) is 11.8 Å². The maximum Gasteiger partial charge on any atom is 0.259 e. The lowest BCUT2D eigenvalue weighted by molar-refractivity contribution is -0.120. The molecule has 2 N–H and O–H groups in total. The molecule has 0 radical (unpaired) electrons. The molecule has 0 aliphatic rings. The summed E-state index contributed by atoms with van der Waals surface area (Å²) in [6.45, 7) is -0.154. The van der Waals surface area contributed by atoms with Crippen LogP contribution in [0.1, 0.15) is 15.9 Å². The molecule has 2 amide bonds. The van der Waals surface area contributed by atoms with Crippen molar-refractivity contribution in [3.05, 3.63) is 68.6 Å². The molecule has 0 atom stereocenters. The third-order valence-corrected chi connectivity index (χ3v) is 4.01. The van der Waals surface area contributed by atoms with E-state index in [2.05, 4.69) is 47.7 Å². The topological polar surface area (TPSA) is 70.6 Å². The van der Waals surface area contributed by atoms with Gasteiger partial charge in [-0.25, -0.2) is 5.43 Å². The Labute approximate surface area is 150 Å². The van der Waals surface area contributed by atoms with E-state index in [0.717, 1.165) is 14.5 Å². The van der Waals surface area contributed by atoms with E-state index in [-0.39, 0.29) is 12.5 Å². The summed E-state index contributed by atoms with van der Waals surface area (Å²) in [7, 11) is 0. The molecule has 0 spiro atoms. The van der Waals surface area contributed by atoms with Gasteiger partial charge in [-0.2, -0.15) is 5.10 Å². The minimum absolute atomic E-state index is 0.154. The Bertz CT molecular complexity index is 748. The van der Waals surface area contributed by atoms with Crippen LogP contribution >= 0.6 is 31.9 Å². The van der Waals surface area contributed by atoms with Crippen LogP contribution < -0.4 is 10.7 Å². The largest absolute Gasteiger partial charge is 0.343 e. The fourth-order valence-electron chi connectivity index (χ4n) is 1.69. The van der Waals surface area contributed by atoms with Crippen LogP contribution in [-0.2, 0) is 4.79 Å². The van der Waals surface area contributed by atoms with E-state index in [9.17, 15) is 9.59 Å². The minimum Gasteiger partial charge on any atom is -0.343 e. The first-order valence-electron chi connectivity index (χ1n) is 6.66. The maximum atomic E-state index is 11.9. The molecule has 2 aromatic rings. The molecule has 23 heavy (non-hydrogen) atoms. The zero-order valence-electron chi connectivity index (χ0n) is 11.9. The first kappa shape index (κ1) is 17.4. The second-order valence-electron chi connectivity index (χ2n) is 4.51. The van der Waals surface area contributed by atoms with Crippen molar-refractivity contribution in [2.75, 3.05) is 6.54 Å². The Hall–Kier alpha value is -1.99. The van der Waals surface area contributed by atoms with Crippen molar-refractivity contribution in [1.82, 2.24) is 10.7 Å². The van der Waals surface area contributed by atoms with Crippen molar-refractivity contribution >= 4 is 49.9 Å². The number of rotatable bonds is 5. The molecule has 0 aromatic heterocycles. The van der Waals surface area contributed by atoms with Crippen LogP contribution in [0.25, 0.3) is 0 Å². The highest BCUT2D eigenvalue weighted by Crippen LogP contribution is 2.13. The molecule has 2 rings (SSSR count). The van der Waals surface area contributed by atoms with E-state index in [4.69, 9.17) is 0 Å². The molecule has 0 aliphatic carbocycles. The van der Waals surface area contributed by atoms with Gasteiger partial charge >= 0.3 is 0 Å². The van der Waals surface area contributed by atoms with Crippen LogP contribution in [0.15, 0.2) is 62.6 Å². The van der Waals surface area contributed by atoms with Crippen LogP contribution in [0.4, 0.5) is 0 Å². The Morgan fingerprint density at radius 2 is 1.87 bits per heavy atom. The first-order chi connectivity index (χ1) is 11.1. The van der Waals surface area contributed by atoms with Gasteiger partial charge in [0.05, 0.1) is 12.8 Å². The molecule has 0 heterocycles. The quantitative estimate of drug-likeness (QED) is 0.556. The Kier molecular flexibility index (Phi) is 6.49. The summed E-state index contributed by atoms with van der Waals surface area (Å²) in [6.07, 6.45) is 1.53. The number of hydrogen-bond donors (Lipinski definition) is 2. The normalized spacial score (nSPS) is 10.5. The lowest BCUT2D eigenvalue weighted by Crippen LogP contribution is -2.34. The van der Waals surface area contributed by atoms with E-state index in [1.165, 1.54) is 6.21 Å². The number of benzene rings is 2. The molecule has 118 valence electrons. The zero-order chi connectivity index (χ0) is 16.7. The van der Waals surface area contributed by atoms with Gasteiger partial charge in [-0.1, -0.05) is 56.1 Å². The summed E-state index contributed by atoms with van der Waals surface area (Å²) in [4.78, 5) is 23.5. The van der Waals surface area contributed by atoms with Crippen molar-refractivity contribution in [3.63, 3.8) is 0 Å². The van der Waals surface area contributed by atoms with Gasteiger partial charge in [-0.3, -0.25) is 9.59 Å². The molecule has 2 aromatic carbocycles. The first-order valence-corrected chi connectivity index (χ1v) is 8.25. The van der Waals surface area contributed by atoms with Crippen LogP contribution in [0.5, 0.6) is 0 Å². The van der Waals surface area contributed by atoms with Crippen LogP contribution in [0.2, 0.25) is 0 Å². The van der Waals surface area contributed by atoms with E-state index in [1.54, 1.807) is 18.2 Å². The van der Waals surface area contributed by atoms with Crippen LogP contribution in [0.3, 0.4) is 0 Å². The van der Waals surface area contributed by atoms with Crippen molar-refractivity contribution in [3.8, 4) is 0 Å². The van der Waals surface area contributed by atoms with E-state index < -0.39 is 5.91 Å². The number of carbonyl (C=O) groups is 2. The fraction of sp³-hybridized carbons (Fsp3) is 0.0625. The van der Waals surface area contributed by atoms with Gasteiger partial charge in [-0.05, 0) is 24.3 Å². The van der Waals surface area contributed by atoms with Gasteiger partial charge in [0.1, 0.15) is 0 Å². The van der Waals surface area contributed by atoms with Crippen molar-refractivity contribution in [2.45, 2.75) is 0 Å². The predicted octanol–water partition coefficient (Wildman–Crippen LogP) is 3.09. The minimum atomic E-state index is -0.406. The number of amides is 2. The Morgan fingerprint density at radius 3 is 2.61 bits per heavy atom. The highest BCUT2D eigenvalue weighted by Gasteiger charge is 2.07. The van der Waals surface area contributed by atoms with Gasteiger partial charge in [0.15, 0.2) is 0 Å². The van der Waals surface area contributed by atoms with Gasteiger partial charge in [0.2, 0.25) is 0 Å². The Balaban J connectivity index is 1.81. The van der Waals surface area contributed by atoms with Crippen molar-refractivity contribution < 1.29 is 9.59 Å². The van der Waals surface area contributed by atoms with E-state index in [1.807, 2.05) is 30.3 Å².